The Kier molecular flexibility index (Phi) is 6.06. The van der Waals surface area contributed by atoms with E-state index in [4.69, 9.17) is 0 Å². The molecule has 1 aromatic rings. The van der Waals surface area contributed by atoms with Crippen molar-refractivity contribution in [2.45, 2.75) is 39.8 Å². The van der Waals surface area contributed by atoms with Crippen LogP contribution in [0.1, 0.15) is 44.7 Å². The van der Waals surface area contributed by atoms with E-state index in [0.717, 1.165) is 18.2 Å². The second-order valence-corrected chi connectivity index (χ2v) is 6.03. The first-order valence-electron chi connectivity index (χ1n) is 7.09. The third kappa shape index (κ3) is 5.16. The lowest BCUT2D eigenvalue weighted by molar-refractivity contribution is -0.137. The van der Waals surface area contributed by atoms with Crippen LogP contribution in [0.15, 0.2) is 24.3 Å². The van der Waals surface area contributed by atoms with Crippen molar-refractivity contribution in [2.24, 2.45) is 11.8 Å². The number of hydrogen-bond acceptors (Lipinski definition) is 1. The number of rotatable bonds is 6. The van der Waals surface area contributed by atoms with Crippen LogP contribution in [0.4, 0.5) is 13.2 Å². The van der Waals surface area contributed by atoms with Crippen LogP contribution in [-0.4, -0.2) is 13.1 Å². The molecule has 20 heavy (non-hydrogen) atoms. The van der Waals surface area contributed by atoms with Gasteiger partial charge >= 0.3 is 6.18 Å². The Morgan fingerprint density at radius 1 is 1.05 bits per heavy atom. The first-order valence-corrected chi connectivity index (χ1v) is 7.09. The van der Waals surface area contributed by atoms with Crippen LogP contribution in [-0.2, 0) is 6.18 Å². The molecule has 1 N–H and O–H groups in total. The number of halogens is 3. The lowest BCUT2D eigenvalue weighted by Gasteiger charge is -2.23. The van der Waals surface area contributed by atoms with Crippen LogP contribution in [0, 0.1) is 11.8 Å². The molecule has 1 nitrogen and oxygen atoms in total. The minimum Gasteiger partial charge on any atom is -0.316 e. The summed E-state index contributed by atoms with van der Waals surface area (Å²) in [6, 6.07) is 5.69. The summed E-state index contributed by atoms with van der Waals surface area (Å²) in [6.07, 6.45) is -4.27. The Hall–Kier alpha value is -1.03. The summed E-state index contributed by atoms with van der Waals surface area (Å²) in [6.45, 7) is 9.90. The average Bonchev–Trinajstić information content (AvgIpc) is 2.33. The highest BCUT2D eigenvalue weighted by Crippen LogP contribution is 2.32. The van der Waals surface area contributed by atoms with Gasteiger partial charge in [-0.1, -0.05) is 45.9 Å². The van der Waals surface area contributed by atoms with Crippen LogP contribution < -0.4 is 5.32 Å². The van der Waals surface area contributed by atoms with Crippen molar-refractivity contribution in [1.29, 1.82) is 0 Å². The summed E-state index contributed by atoms with van der Waals surface area (Å²) < 4.78 is 38.3. The lowest BCUT2D eigenvalue weighted by atomic mass is 9.87. The maximum Gasteiger partial charge on any atom is 0.416 e. The van der Waals surface area contributed by atoms with E-state index in [1.165, 1.54) is 12.1 Å². The highest BCUT2D eigenvalue weighted by molar-refractivity contribution is 5.29. The Bertz CT molecular complexity index is 410. The van der Waals surface area contributed by atoms with Gasteiger partial charge in [0.25, 0.3) is 0 Å². The Balaban J connectivity index is 2.86. The molecule has 4 heteroatoms. The van der Waals surface area contributed by atoms with Crippen LogP contribution >= 0.6 is 0 Å². The minimum atomic E-state index is -4.27. The topological polar surface area (TPSA) is 12.0 Å². The van der Waals surface area contributed by atoms with Gasteiger partial charge in [0.2, 0.25) is 0 Å². The van der Waals surface area contributed by atoms with Crippen molar-refractivity contribution in [3.8, 4) is 0 Å². The first kappa shape index (κ1) is 17.0. The molecular weight excluding hydrogens is 263 g/mol. The molecule has 0 aliphatic rings. The summed E-state index contributed by atoms with van der Waals surface area (Å²) >= 11 is 0. The molecule has 0 radical (unpaired) electrons. The van der Waals surface area contributed by atoms with Crippen molar-refractivity contribution in [3.05, 3.63) is 35.4 Å². The van der Waals surface area contributed by atoms with Crippen LogP contribution in [0.25, 0.3) is 0 Å². The van der Waals surface area contributed by atoms with Crippen LogP contribution in [0.2, 0.25) is 0 Å². The van der Waals surface area contributed by atoms with E-state index < -0.39 is 11.7 Å². The van der Waals surface area contributed by atoms with Crippen LogP contribution in [0.3, 0.4) is 0 Å². The highest BCUT2D eigenvalue weighted by Gasteiger charge is 2.31. The highest BCUT2D eigenvalue weighted by atomic mass is 19.4. The molecule has 114 valence electrons. The van der Waals surface area contributed by atoms with Crippen LogP contribution in [0.5, 0.6) is 0 Å². The molecule has 0 saturated carbocycles. The third-order valence-electron chi connectivity index (χ3n) is 3.36. The molecule has 0 aliphatic carbocycles. The fourth-order valence-corrected chi connectivity index (χ4v) is 2.21. The molecule has 0 aromatic heterocycles. The van der Waals surface area contributed by atoms with Gasteiger partial charge in [0.1, 0.15) is 0 Å². The fourth-order valence-electron chi connectivity index (χ4n) is 2.21. The molecule has 0 saturated heterocycles. The second kappa shape index (κ2) is 7.11. The third-order valence-corrected chi connectivity index (χ3v) is 3.36. The minimum absolute atomic E-state index is 0.0936. The van der Waals surface area contributed by atoms with E-state index in [1.54, 1.807) is 6.07 Å². The second-order valence-electron chi connectivity index (χ2n) is 6.03. The molecule has 0 bridgehead atoms. The maximum atomic E-state index is 12.8. The standard InChI is InChI=1S/C16H24F3N/c1-11(2)9-20-10-15(12(3)4)13-6-5-7-14(8-13)16(17,18)19/h5-8,11-12,15,20H,9-10H2,1-4H3. The Morgan fingerprint density at radius 3 is 2.20 bits per heavy atom. The Morgan fingerprint density at radius 2 is 1.70 bits per heavy atom. The number of alkyl halides is 3. The molecule has 0 spiro atoms. The zero-order chi connectivity index (χ0) is 15.3. The van der Waals surface area contributed by atoms with Gasteiger partial charge in [-0.15, -0.1) is 0 Å². The maximum absolute atomic E-state index is 12.8. The number of nitrogens with one attached hydrogen (secondary N) is 1. The summed E-state index contributed by atoms with van der Waals surface area (Å²) in [5, 5.41) is 3.34. The summed E-state index contributed by atoms with van der Waals surface area (Å²) in [5.41, 5.74) is 0.190. The predicted molar refractivity (Wildman–Crippen MR) is 76.7 cm³/mol. The normalized spacial score (nSPS) is 14.1. The van der Waals surface area contributed by atoms with Gasteiger partial charge in [-0.3, -0.25) is 0 Å². The molecule has 1 atom stereocenters. The predicted octanol–water partition coefficient (Wildman–Crippen LogP) is 4.69. The number of hydrogen-bond donors (Lipinski definition) is 1. The van der Waals surface area contributed by atoms with Gasteiger partial charge in [-0.2, -0.15) is 13.2 Å². The van der Waals surface area contributed by atoms with Gasteiger partial charge in [0.05, 0.1) is 5.56 Å². The van der Waals surface area contributed by atoms with E-state index in [0.29, 0.717) is 12.5 Å². The fraction of sp³-hybridized carbons (Fsp3) is 0.625. The van der Waals surface area contributed by atoms with Gasteiger partial charge in [-0.25, -0.2) is 0 Å². The van der Waals surface area contributed by atoms with Gasteiger partial charge in [0.15, 0.2) is 0 Å². The average molecular weight is 287 g/mol. The van der Waals surface area contributed by atoms with Crippen molar-refractivity contribution in [3.63, 3.8) is 0 Å². The summed E-state index contributed by atoms with van der Waals surface area (Å²) in [7, 11) is 0. The smallest absolute Gasteiger partial charge is 0.316 e. The summed E-state index contributed by atoms with van der Waals surface area (Å²) in [5.74, 6) is 0.915. The molecule has 1 rings (SSSR count). The molecule has 0 amide bonds. The van der Waals surface area contributed by atoms with E-state index in [9.17, 15) is 13.2 Å². The zero-order valence-electron chi connectivity index (χ0n) is 12.6. The van der Waals surface area contributed by atoms with Gasteiger partial charge in [0, 0.05) is 6.54 Å². The van der Waals surface area contributed by atoms with Crippen molar-refractivity contribution in [2.75, 3.05) is 13.1 Å². The van der Waals surface area contributed by atoms with E-state index in [-0.39, 0.29) is 11.8 Å². The summed E-state index contributed by atoms with van der Waals surface area (Å²) in [4.78, 5) is 0. The first-order chi connectivity index (χ1) is 9.21. The largest absolute Gasteiger partial charge is 0.416 e. The van der Waals surface area contributed by atoms with E-state index in [2.05, 4.69) is 19.2 Å². The zero-order valence-corrected chi connectivity index (χ0v) is 12.6. The van der Waals surface area contributed by atoms with Crippen molar-refractivity contribution >= 4 is 0 Å². The van der Waals surface area contributed by atoms with Gasteiger partial charge < -0.3 is 5.32 Å². The molecule has 0 heterocycles. The number of benzene rings is 1. The molecule has 1 unspecified atom stereocenters. The molecular formula is C16H24F3N. The Labute approximate surface area is 119 Å². The van der Waals surface area contributed by atoms with E-state index >= 15 is 0 Å². The quantitative estimate of drug-likeness (QED) is 0.800. The van der Waals surface area contributed by atoms with Crippen molar-refractivity contribution < 1.29 is 13.2 Å². The lowest BCUT2D eigenvalue weighted by Crippen LogP contribution is -2.28. The van der Waals surface area contributed by atoms with Crippen molar-refractivity contribution in [1.82, 2.24) is 5.32 Å². The molecule has 1 aromatic carbocycles. The molecule has 0 aliphatic heterocycles. The van der Waals surface area contributed by atoms with E-state index in [1.807, 2.05) is 13.8 Å². The molecule has 0 fully saturated rings. The SMILES string of the molecule is CC(C)CNCC(c1cccc(C(F)(F)F)c1)C(C)C. The van der Waals surface area contributed by atoms with Gasteiger partial charge in [-0.05, 0) is 35.9 Å². The monoisotopic (exact) mass is 287 g/mol.